The molecule has 1 heterocycles. The quantitative estimate of drug-likeness (QED) is 0.757. The molecule has 5 heteroatoms. The topological polar surface area (TPSA) is 56.0 Å². The van der Waals surface area contributed by atoms with Crippen molar-refractivity contribution >= 4 is 17.5 Å². The lowest BCUT2D eigenvalue weighted by Gasteiger charge is -2.18. The second-order valence-electron chi connectivity index (χ2n) is 7.66. The van der Waals surface area contributed by atoms with Crippen LogP contribution in [0.25, 0.3) is 11.5 Å². The van der Waals surface area contributed by atoms with Gasteiger partial charge in [-0.2, -0.15) is 0 Å². The number of thioether (sulfide) groups is 1. The number of hydrogen-bond donors (Lipinski definition) is 0. The molecule has 0 fully saturated rings. The molecule has 0 bridgehead atoms. The Hall–Kier alpha value is -1.62. The van der Waals surface area contributed by atoms with Gasteiger partial charge in [0.15, 0.2) is 0 Å². The minimum absolute atomic E-state index is 0.113. The Bertz CT molecular complexity index is 676. The molecule has 0 amide bonds. The van der Waals surface area contributed by atoms with Crippen molar-refractivity contribution in [1.29, 1.82) is 0 Å². The van der Waals surface area contributed by atoms with Gasteiger partial charge in [0.05, 0.1) is 5.75 Å². The van der Waals surface area contributed by atoms with Crippen LogP contribution in [0.15, 0.2) is 33.9 Å². The second kappa shape index (κ2) is 6.48. The summed E-state index contributed by atoms with van der Waals surface area (Å²) in [5.74, 6) is 0.988. The minimum atomic E-state index is -0.349. The van der Waals surface area contributed by atoms with Gasteiger partial charge in [-0.3, -0.25) is 4.79 Å². The molecule has 23 heavy (non-hydrogen) atoms. The first kappa shape index (κ1) is 17.7. The van der Waals surface area contributed by atoms with Crippen LogP contribution in [0.4, 0.5) is 0 Å². The molecule has 0 aliphatic heterocycles. The molecule has 2 aromatic rings. The van der Waals surface area contributed by atoms with Crippen molar-refractivity contribution in [3.05, 3.63) is 29.8 Å². The monoisotopic (exact) mass is 332 g/mol. The summed E-state index contributed by atoms with van der Waals surface area (Å²) in [5, 5.41) is 8.51. The van der Waals surface area contributed by atoms with Gasteiger partial charge in [-0.1, -0.05) is 65.4 Å². The number of aromatic nitrogens is 2. The van der Waals surface area contributed by atoms with Crippen LogP contribution < -0.4 is 0 Å². The number of ketones is 1. The number of carbonyl (C=O) groups excluding carboxylic acids is 1. The molecule has 0 saturated heterocycles. The molecule has 124 valence electrons. The lowest BCUT2D eigenvalue weighted by Crippen LogP contribution is -2.21. The summed E-state index contributed by atoms with van der Waals surface area (Å²) in [6, 6.07) is 8.14. The molecule has 1 aromatic heterocycles. The standard InChI is InChI=1S/C18H24N2O2S/c1-17(2,3)13-9-7-12(8-10-13)15-19-20-16(22-15)23-11-14(21)18(4,5)6/h7-10H,11H2,1-6H3. The molecular weight excluding hydrogens is 308 g/mol. The zero-order valence-corrected chi connectivity index (χ0v) is 15.5. The Labute approximate surface area is 142 Å². The van der Waals surface area contributed by atoms with Crippen molar-refractivity contribution in [1.82, 2.24) is 10.2 Å². The molecular formula is C18H24N2O2S. The minimum Gasteiger partial charge on any atom is -0.411 e. The van der Waals surface area contributed by atoms with Crippen molar-refractivity contribution < 1.29 is 9.21 Å². The number of nitrogens with zero attached hydrogens (tertiary/aromatic N) is 2. The maximum atomic E-state index is 11.9. The number of benzene rings is 1. The van der Waals surface area contributed by atoms with E-state index in [1.807, 2.05) is 32.9 Å². The van der Waals surface area contributed by atoms with Gasteiger partial charge in [-0.05, 0) is 23.1 Å². The van der Waals surface area contributed by atoms with Gasteiger partial charge in [0, 0.05) is 11.0 Å². The van der Waals surface area contributed by atoms with Crippen LogP contribution in [-0.4, -0.2) is 21.7 Å². The summed E-state index contributed by atoms with van der Waals surface area (Å²) in [6.45, 7) is 12.3. The molecule has 0 saturated carbocycles. The fraction of sp³-hybridized carbons (Fsp3) is 0.500. The first-order chi connectivity index (χ1) is 10.6. The maximum absolute atomic E-state index is 11.9. The molecule has 0 N–H and O–H groups in total. The number of rotatable bonds is 4. The highest BCUT2D eigenvalue weighted by Gasteiger charge is 2.22. The van der Waals surface area contributed by atoms with Gasteiger partial charge in [0.2, 0.25) is 5.89 Å². The van der Waals surface area contributed by atoms with Crippen molar-refractivity contribution in [2.45, 2.75) is 52.2 Å². The third-order valence-electron chi connectivity index (χ3n) is 3.57. The average Bonchev–Trinajstić information content (AvgIpc) is 2.91. The number of carbonyl (C=O) groups is 1. The Balaban J connectivity index is 2.06. The first-order valence-corrected chi connectivity index (χ1v) is 8.66. The third kappa shape index (κ3) is 4.67. The molecule has 0 aliphatic rings. The van der Waals surface area contributed by atoms with Gasteiger partial charge < -0.3 is 4.42 Å². The Morgan fingerprint density at radius 2 is 1.65 bits per heavy atom. The highest BCUT2D eigenvalue weighted by atomic mass is 32.2. The van der Waals surface area contributed by atoms with E-state index in [1.54, 1.807) is 0 Å². The SMILES string of the molecule is CC(C)(C)C(=O)CSc1nnc(-c2ccc(C(C)(C)C)cc2)o1. The molecule has 0 aliphatic carbocycles. The summed E-state index contributed by atoms with van der Waals surface area (Å²) in [7, 11) is 0. The van der Waals surface area contributed by atoms with Gasteiger partial charge in [0.25, 0.3) is 5.22 Å². The predicted molar refractivity (Wildman–Crippen MR) is 93.6 cm³/mol. The van der Waals surface area contributed by atoms with E-state index in [-0.39, 0.29) is 16.6 Å². The van der Waals surface area contributed by atoms with E-state index in [4.69, 9.17) is 4.42 Å². The Kier molecular flexibility index (Phi) is 4.99. The van der Waals surface area contributed by atoms with E-state index in [0.717, 1.165) is 5.56 Å². The highest BCUT2D eigenvalue weighted by molar-refractivity contribution is 7.99. The van der Waals surface area contributed by atoms with E-state index in [1.165, 1.54) is 17.3 Å². The van der Waals surface area contributed by atoms with E-state index in [9.17, 15) is 4.79 Å². The zero-order valence-electron chi connectivity index (χ0n) is 14.6. The van der Waals surface area contributed by atoms with Gasteiger partial charge >= 0.3 is 0 Å². The molecule has 0 unspecified atom stereocenters. The van der Waals surface area contributed by atoms with Crippen LogP contribution in [0, 0.1) is 5.41 Å². The molecule has 0 radical (unpaired) electrons. The predicted octanol–water partition coefficient (Wildman–Crippen LogP) is 4.74. The van der Waals surface area contributed by atoms with E-state index < -0.39 is 0 Å². The van der Waals surface area contributed by atoms with Gasteiger partial charge in [-0.15, -0.1) is 10.2 Å². The van der Waals surface area contributed by atoms with Crippen molar-refractivity contribution in [2.75, 3.05) is 5.75 Å². The molecule has 2 rings (SSSR count). The van der Waals surface area contributed by atoms with Crippen LogP contribution >= 0.6 is 11.8 Å². The second-order valence-corrected chi connectivity index (χ2v) is 8.59. The summed E-state index contributed by atoms with van der Waals surface area (Å²) >= 11 is 1.29. The maximum Gasteiger partial charge on any atom is 0.277 e. The molecule has 0 spiro atoms. The fourth-order valence-corrected chi connectivity index (χ4v) is 2.77. The molecule has 4 nitrogen and oxygen atoms in total. The van der Waals surface area contributed by atoms with Crippen molar-refractivity contribution in [3.63, 3.8) is 0 Å². The summed E-state index contributed by atoms with van der Waals surface area (Å²) in [4.78, 5) is 11.9. The fourth-order valence-electron chi connectivity index (χ4n) is 1.84. The highest BCUT2D eigenvalue weighted by Crippen LogP contribution is 2.28. The zero-order chi connectivity index (χ0) is 17.3. The normalized spacial score (nSPS) is 12.4. The Morgan fingerprint density at radius 3 is 2.17 bits per heavy atom. The van der Waals surface area contributed by atoms with Crippen LogP contribution in [-0.2, 0) is 10.2 Å². The lowest BCUT2D eigenvalue weighted by atomic mass is 9.87. The first-order valence-electron chi connectivity index (χ1n) is 7.68. The van der Waals surface area contributed by atoms with Crippen LogP contribution in [0.2, 0.25) is 0 Å². The third-order valence-corrected chi connectivity index (χ3v) is 4.39. The average molecular weight is 332 g/mol. The summed E-state index contributed by atoms with van der Waals surface area (Å²) in [5.41, 5.74) is 1.91. The molecule has 0 atom stereocenters. The van der Waals surface area contributed by atoms with Crippen LogP contribution in [0.3, 0.4) is 0 Å². The van der Waals surface area contributed by atoms with E-state index in [2.05, 4.69) is 43.1 Å². The Morgan fingerprint density at radius 1 is 1.04 bits per heavy atom. The molecule has 1 aromatic carbocycles. The number of Topliss-reactive ketones (excluding diaryl/α,β-unsaturated/α-hetero) is 1. The number of hydrogen-bond acceptors (Lipinski definition) is 5. The van der Waals surface area contributed by atoms with E-state index >= 15 is 0 Å². The van der Waals surface area contributed by atoms with Gasteiger partial charge in [0.1, 0.15) is 5.78 Å². The van der Waals surface area contributed by atoms with E-state index in [0.29, 0.717) is 16.9 Å². The lowest BCUT2D eigenvalue weighted by molar-refractivity contribution is -0.123. The summed E-state index contributed by atoms with van der Waals surface area (Å²) in [6.07, 6.45) is 0. The van der Waals surface area contributed by atoms with Crippen LogP contribution in [0.1, 0.15) is 47.1 Å². The van der Waals surface area contributed by atoms with Gasteiger partial charge in [-0.25, -0.2) is 0 Å². The largest absolute Gasteiger partial charge is 0.411 e. The van der Waals surface area contributed by atoms with Crippen LogP contribution in [0.5, 0.6) is 0 Å². The van der Waals surface area contributed by atoms with Crippen molar-refractivity contribution in [2.24, 2.45) is 5.41 Å². The smallest absolute Gasteiger partial charge is 0.277 e. The van der Waals surface area contributed by atoms with Crippen molar-refractivity contribution in [3.8, 4) is 11.5 Å². The summed E-state index contributed by atoms with van der Waals surface area (Å²) < 4.78 is 5.65.